The summed E-state index contributed by atoms with van der Waals surface area (Å²) >= 11 is 0. The molecule has 6 nitrogen and oxygen atoms in total. The monoisotopic (exact) mass is 332 g/mol. The third-order valence-electron chi connectivity index (χ3n) is 3.54. The number of carbonyl (C=O) groups excluding carboxylic acids is 1. The van der Waals surface area contributed by atoms with E-state index in [1.54, 1.807) is 31.2 Å². The van der Waals surface area contributed by atoms with Crippen LogP contribution in [0.1, 0.15) is 35.4 Å². The zero-order chi connectivity index (χ0) is 17.7. The number of amides is 1. The number of benzene rings is 2. The number of rotatable bonds is 6. The molecule has 0 aliphatic carbocycles. The first-order valence-electron chi connectivity index (χ1n) is 7.36. The summed E-state index contributed by atoms with van der Waals surface area (Å²) in [4.78, 5) is 22.4. The Morgan fingerprint density at radius 1 is 1.29 bits per heavy atom. The van der Waals surface area contributed by atoms with Crippen molar-refractivity contribution in [3.63, 3.8) is 0 Å². The first-order chi connectivity index (χ1) is 11.4. The average Bonchev–Trinajstić information content (AvgIpc) is 2.55. The van der Waals surface area contributed by atoms with Gasteiger partial charge in [0.25, 0.3) is 11.6 Å². The predicted molar refractivity (Wildman–Crippen MR) is 86.0 cm³/mol. The van der Waals surface area contributed by atoms with Gasteiger partial charge in [-0.1, -0.05) is 30.3 Å². The Morgan fingerprint density at radius 2 is 1.96 bits per heavy atom. The fourth-order valence-corrected chi connectivity index (χ4v) is 2.36. The largest absolute Gasteiger partial charge is 0.388 e. The highest BCUT2D eigenvalue weighted by molar-refractivity contribution is 5.98. The van der Waals surface area contributed by atoms with Gasteiger partial charge in [-0.15, -0.1) is 0 Å². The van der Waals surface area contributed by atoms with Gasteiger partial charge in [0.05, 0.1) is 11.0 Å². The highest BCUT2D eigenvalue weighted by Crippen LogP contribution is 2.21. The zero-order valence-corrected chi connectivity index (χ0v) is 13.0. The average molecular weight is 332 g/mol. The van der Waals surface area contributed by atoms with E-state index in [0.29, 0.717) is 5.56 Å². The van der Waals surface area contributed by atoms with Gasteiger partial charge in [-0.05, 0) is 31.0 Å². The molecule has 0 spiro atoms. The Morgan fingerprint density at radius 3 is 2.58 bits per heavy atom. The van der Waals surface area contributed by atoms with E-state index in [1.807, 2.05) is 6.07 Å². The molecule has 24 heavy (non-hydrogen) atoms. The quantitative estimate of drug-likeness (QED) is 0.628. The van der Waals surface area contributed by atoms with Crippen LogP contribution in [0, 0.1) is 15.9 Å². The van der Waals surface area contributed by atoms with Crippen molar-refractivity contribution < 1.29 is 19.2 Å². The molecule has 0 fully saturated rings. The molecular formula is C17H17FN2O4. The number of carbonyl (C=O) groups is 1. The molecule has 0 saturated heterocycles. The number of hydrogen-bond donors (Lipinski definition) is 2. The molecule has 0 aromatic heterocycles. The second-order valence-corrected chi connectivity index (χ2v) is 5.46. The van der Waals surface area contributed by atoms with Gasteiger partial charge in [0.1, 0.15) is 11.4 Å². The summed E-state index contributed by atoms with van der Waals surface area (Å²) in [7, 11) is 0. The summed E-state index contributed by atoms with van der Waals surface area (Å²) in [5.74, 6) is -1.49. The van der Waals surface area contributed by atoms with Crippen molar-refractivity contribution in [3.8, 4) is 0 Å². The number of nitrogens with one attached hydrogen (secondary N) is 1. The summed E-state index contributed by atoms with van der Waals surface area (Å²) in [5.41, 5.74) is -0.110. The molecule has 0 radical (unpaired) electrons. The zero-order valence-electron chi connectivity index (χ0n) is 13.0. The normalized spacial score (nSPS) is 13.1. The number of aliphatic hydroxyl groups is 1. The lowest BCUT2D eigenvalue weighted by atomic mass is 10.0. The van der Waals surface area contributed by atoms with Crippen molar-refractivity contribution in [1.82, 2.24) is 5.32 Å². The van der Waals surface area contributed by atoms with Crippen LogP contribution in [0.2, 0.25) is 0 Å². The second kappa shape index (κ2) is 7.65. The van der Waals surface area contributed by atoms with Crippen molar-refractivity contribution in [2.24, 2.45) is 0 Å². The topological polar surface area (TPSA) is 92.5 Å². The van der Waals surface area contributed by atoms with Gasteiger partial charge in [-0.3, -0.25) is 14.9 Å². The molecule has 2 unspecified atom stereocenters. The molecule has 2 aromatic carbocycles. The Balaban J connectivity index is 2.07. The molecular weight excluding hydrogens is 315 g/mol. The maximum atomic E-state index is 13.3. The molecule has 7 heteroatoms. The van der Waals surface area contributed by atoms with Crippen molar-refractivity contribution in [1.29, 1.82) is 0 Å². The van der Waals surface area contributed by atoms with Crippen LogP contribution in [0.15, 0.2) is 48.5 Å². The number of hydrogen-bond acceptors (Lipinski definition) is 4. The summed E-state index contributed by atoms with van der Waals surface area (Å²) in [6, 6.07) is 11.2. The van der Waals surface area contributed by atoms with Crippen LogP contribution in [0.25, 0.3) is 0 Å². The van der Waals surface area contributed by atoms with E-state index < -0.39 is 34.5 Å². The second-order valence-electron chi connectivity index (χ2n) is 5.46. The fourth-order valence-electron chi connectivity index (χ4n) is 2.36. The van der Waals surface area contributed by atoms with E-state index in [1.165, 1.54) is 0 Å². The lowest BCUT2D eigenvalue weighted by molar-refractivity contribution is -0.385. The Bertz CT molecular complexity index is 737. The van der Waals surface area contributed by atoms with Gasteiger partial charge < -0.3 is 10.4 Å². The number of nitro benzene ring substituents is 1. The van der Waals surface area contributed by atoms with Gasteiger partial charge in [-0.2, -0.15) is 0 Å². The first-order valence-corrected chi connectivity index (χ1v) is 7.36. The molecule has 0 heterocycles. The van der Waals surface area contributed by atoms with E-state index >= 15 is 0 Å². The third kappa shape index (κ3) is 4.36. The molecule has 126 valence electrons. The predicted octanol–water partition coefficient (Wildman–Crippen LogP) is 2.98. The SMILES string of the molecule is CC(CC(O)c1ccccc1)NC(=O)c1cc(F)ccc1[N+](=O)[O-]. The summed E-state index contributed by atoms with van der Waals surface area (Å²) < 4.78 is 13.3. The molecule has 1 amide bonds. The van der Waals surface area contributed by atoms with Crippen LogP contribution in [-0.2, 0) is 0 Å². The summed E-state index contributed by atoms with van der Waals surface area (Å²) in [6.45, 7) is 1.66. The maximum absolute atomic E-state index is 13.3. The minimum Gasteiger partial charge on any atom is -0.388 e. The van der Waals surface area contributed by atoms with Gasteiger partial charge in [0, 0.05) is 12.1 Å². The maximum Gasteiger partial charge on any atom is 0.282 e. The van der Waals surface area contributed by atoms with Crippen LogP contribution < -0.4 is 5.32 Å². The fraction of sp³-hybridized carbons (Fsp3) is 0.235. The van der Waals surface area contributed by atoms with E-state index in [0.717, 1.165) is 18.2 Å². The number of halogens is 1. The van der Waals surface area contributed by atoms with Crippen molar-refractivity contribution in [2.45, 2.75) is 25.5 Å². The van der Waals surface area contributed by atoms with Crippen LogP contribution in [0.4, 0.5) is 10.1 Å². The summed E-state index contributed by atoms with van der Waals surface area (Å²) in [5, 5.41) is 23.6. The molecule has 2 atom stereocenters. The van der Waals surface area contributed by atoms with E-state index in [4.69, 9.17) is 0 Å². The first kappa shape index (κ1) is 17.6. The molecule has 2 N–H and O–H groups in total. The van der Waals surface area contributed by atoms with Crippen molar-refractivity contribution in [2.75, 3.05) is 0 Å². The van der Waals surface area contributed by atoms with Gasteiger partial charge >= 0.3 is 0 Å². The standard InChI is InChI=1S/C17H17FN2O4/c1-11(9-16(21)12-5-3-2-4-6-12)19-17(22)14-10-13(18)7-8-15(14)20(23)24/h2-8,10-11,16,21H,9H2,1H3,(H,19,22). The van der Waals surface area contributed by atoms with Gasteiger partial charge in [-0.25, -0.2) is 4.39 Å². The number of nitro groups is 1. The van der Waals surface area contributed by atoms with Crippen LogP contribution >= 0.6 is 0 Å². The van der Waals surface area contributed by atoms with Crippen LogP contribution in [-0.4, -0.2) is 22.0 Å². The Hall–Kier alpha value is -2.80. The van der Waals surface area contributed by atoms with Crippen LogP contribution in [0.3, 0.4) is 0 Å². The number of nitrogens with zero attached hydrogens (tertiary/aromatic N) is 1. The van der Waals surface area contributed by atoms with E-state index in [9.17, 15) is 24.4 Å². The third-order valence-corrected chi connectivity index (χ3v) is 3.54. The molecule has 0 bridgehead atoms. The Kier molecular flexibility index (Phi) is 5.59. The molecule has 2 rings (SSSR count). The van der Waals surface area contributed by atoms with E-state index in [2.05, 4.69) is 5.32 Å². The lowest BCUT2D eigenvalue weighted by Gasteiger charge is -2.18. The molecule has 0 saturated carbocycles. The molecule has 0 aliphatic heterocycles. The Labute approximate surface area is 138 Å². The number of aliphatic hydroxyl groups excluding tert-OH is 1. The highest BCUT2D eigenvalue weighted by atomic mass is 19.1. The van der Waals surface area contributed by atoms with Crippen LogP contribution in [0.5, 0.6) is 0 Å². The minimum atomic E-state index is -0.788. The lowest BCUT2D eigenvalue weighted by Crippen LogP contribution is -2.34. The van der Waals surface area contributed by atoms with Crippen molar-refractivity contribution in [3.05, 3.63) is 75.6 Å². The highest BCUT2D eigenvalue weighted by Gasteiger charge is 2.23. The van der Waals surface area contributed by atoms with Gasteiger partial charge in [0.15, 0.2) is 0 Å². The van der Waals surface area contributed by atoms with Crippen molar-refractivity contribution >= 4 is 11.6 Å². The van der Waals surface area contributed by atoms with Gasteiger partial charge in [0.2, 0.25) is 0 Å². The minimum absolute atomic E-state index is 0.221. The summed E-state index contributed by atoms with van der Waals surface area (Å²) in [6.07, 6.45) is -0.567. The smallest absolute Gasteiger partial charge is 0.282 e. The van der Waals surface area contributed by atoms with E-state index in [-0.39, 0.29) is 12.0 Å². The molecule has 2 aromatic rings. The molecule has 0 aliphatic rings.